The van der Waals surface area contributed by atoms with Crippen LogP contribution < -0.4 is 10.2 Å². The molecule has 3 rings (SSSR count). The number of aliphatic hydroxyl groups excluding tert-OH is 1. The summed E-state index contributed by atoms with van der Waals surface area (Å²) in [5.74, 6) is 1.79. The van der Waals surface area contributed by atoms with Crippen molar-refractivity contribution in [1.29, 1.82) is 0 Å². The Morgan fingerprint density at radius 2 is 2.12 bits per heavy atom. The first-order valence-electron chi connectivity index (χ1n) is 9.37. The minimum Gasteiger partial charge on any atom is -0.390 e. The van der Waals surface area contributed by atoms with Gasteiger partial charge in [-0.25, -0.2) is 0 Å². The standard InChI is InChI=1S/C18H31N5O/c1-15-6-10-22(11-7-15)14-17(24)12-19-16-4-3-9-23(13-16)18-5-2-8-20-21-18/h2,5,8,15-17,19,24H,3-4,6-7,9-14H2,1H3/t16-,17+/m1/s1. The van der Waals surface area contributed by atoms with Gasteiger partial charge in [-0.3, -0.25) is 0 Å². The Bertz CT molecular complexity index is 478. The number of nitrogens with one attached hydrogen (secondary N) is 1. The van der Waals surface area contributed by atoms with Crippen molar-refractivity contribution < 1.29 is 5.11 Å². The Hall–Kier alpha value is -1.24. The molecule has 1 aromatic rings. The third kappa shape index (κ3) is 5.13. The van der Waals surface area contributed by atoms with Crippen molar-refractivity contribution in [2.75, 3.05) is 44.2 Å². The fourth-order valence-electron chi connectivity index (χ4n) is 3.72. The van der Waals surface area contributed by atoms with E-state index in [1.807, 2.05) is 12.1 Å². The van der Waals surface area contributed by atoms with Gasteiger partial charge >= 0.3 is 0 Å². The molecule has 0 amide bonds. The molecule has 6 heteroatoms. The van der Waals surface area contributed by atoms with Crippen molar-refractivity contribution in [3.05, 3.63) is 18.3 Å². The Morgan fingerprint density at radius 3 is 2.88 bits per heavy atom. The Labute approximate surface area is 145 Å². The number of rotatable bonds is 6. The minimum atomic E-state index is -0.287. The zero-order valence-electron chi connectivity index (χ0n) is 14.8. The highest BCUT2D eigenvalue weighted by atomic mass is 16.3. The van der Waals surface area contributed by atoms with Crippen molar-refractivity contribution in [3.63, 3.8) is 0 Å². The monoisotopic (exact) mass is 333 g/mol. The van der Waals surface area contributed by atoms with E-state index in [9.17, 15) is 5.11 Å². The second kappa shape index (κ2) is 8.74. The van der Waals surface area contributed by atoms with Gasteiger partial charge in [-0.05, 0) is 56.8 Å². The lowest BCUT2D eigenvalue weighted by Crippen LogP contribution is -2.49. The number of aliphatic hydroxyl groups is 1. The van der Waals surface area contributed by atoms with Crippen LogP contribution in [0.15, 0.2) is 18.3 Å². The molecule has 2 saturated heterocycles. The van der Waals surface area contributed by atoms with Gasteiger partial charge in [0.2, 0.25) is 0 Å². The van der Waals surface area contributed by atoms with E-state index in [-0.39, 0.29) is 6.10 Å². The zero-order valence-corrected chi connectivity index (χ0v) is 14.8. The molecule has 6 nitrogen and oxygen atoms in total. The topological polar surface area (TPSA) is 64.5 Å². The summed E-state index contributed by atoms with van der Waals surface area (Å²) < 4.78 is 0. The lowest BCUT2D eigenvalue weighted by molar-refractivity contribution is 0.0883. The maximum Gasteiger partial charge on any atom is 0.151 e. The summed E-state index contributed by atoms with van der Waals surface area (Å²) in [6.45, 7) is 8.01. The van der Waals surface area contributed by atoms with Crippen LogP contribution in [0.1, 0.15) is 32.6 Å². The van der Waals surface area contributed by atoms with E-state index in [2.05, 4.69) is 32.2 Å². The highest BCUT2D eigenvalue weighted by Gasteiger charge is 2.22. The third-order valence-electron chi connectivity index (χ3n) is 5.29. The number of anilines is 1. The first kappa shape index (κ1) is 17.6. The van der Waals surface area contributed by atoms with Crippen LogP contribution in [0.2, 0.25) is 0 Å². The van der Waals surface area contributed by atoms with Crippen molar-refractivity contribution >= 4 is 5.82 Å². The molecular formula is C18H31N5O. The summed E-state index contributed by atoms with van der Waals surface area (Å²) >= 11 is 0. The number of hydrogen-bond acceptors (Lipinski definition) is 6. The van der Waals surface area contributed by atoms with E-state index in [1.165, 1.54) is 12.8 Å². The Kier molecular flexibility index (Phi) is 6.40. The van der Waals surface area contributed by atoms with Crippen LogP contribution >= 0.6 is 0 Å². The predicted molar refractivity (Wildman–Crippen MR) is 96.1 cm³/mol. The molecule has 2 atom stereocenters. The summed E-state index contributed by atoms with van der Waals surface area (Å²) in [5, 5.41) is 22.1. The number of likely N-dealkylation sites (tertiary alicyclic amines) is 1. The average molecular weight is 333 g/mol. The van der Waals surface area contributed by atoms with Gasteiger partial charge in [0.25, 0.3) is 0 Å². The fourth-order valence-corrected chi connectivity index (χ4v) is 3.72. The first-order valence-corrected chi connectivity index (χ1v) is 9.37. The average Bonchev–Trinajstić information content (AvgIpc) is 2.63. The number of β-amino-alcohol motifs (C(OH)–C–C–N with tert-alkyl or cyclic N) is 1. The van der Waals surface area contributed by atoms with Gasteiger partial charge in [-0.1, -0.05) is 6.92 Å². The van der Waals surface area contributed by atoms with Crippen LogP contribution in [0.25, 0.3) is 0 Å². The van der Waals surface area contributed by atoms with Crippen LogP contribution in [-0.4, -0.2) is 71.6 Å². The molecule has 1 aromatic heterocycles. The number of hydrogen-bond donors (Lipinski definition) is 2. The molecule has 2 aliphatic heterocycles. The van der Waals surface area contributed by atoms with Crippen LogP contribution in [0.5, 0.6) is 0 Å². The normalized spacial score (nSPS) is 24.9. The van der Waals surface area contributed by atoms with E-state index in [0.29, 0.717) is 12.6 Å². The largest absolute Gasteiger partial charge is 0.390 e. The van der Waals surface area contributed by atoms with Crippen LogP contribution in [-0.2, 0) is 0 Å². The highest BCUT2D eigenvalue weighted by Crippen LogP contribution is 2.17. The van der Waals surface area contributed by atoms with Crippen molar-refractivity contribution in [1.82, 2.24) is 20.4 Å². The molecule has 2 fully saturated rings. The smallest absolute Gasteiger partial charge is 0.151 e. The van der Waals surface area contributed by atoms with E-state index in [1.54, 1.807) is 6.20 Å². The first-order chi connectivity index (χ1) is 11.7. The second-order valence-corrected chi connectivity index (χ2v) is 7.41. The SMILES string of the molecule is CC1CCN(C[C@@H](O)CN[C@@H]2CCCN(c3cccnn3)C2)CC1. The van der Waals surface area contributed by atoms with Crippen molar-refractivity contribution in [2.45, 2.75) is 44.8 Å². The van der Waals surface area contributed by atoms with Gasteiger partial charge in [0.05, 0.1) is 6.10 Å². The molecule has 0 aliphatic carbocycles. The molecule has 0 radical (unpaired) electrons. The molecule has 2 aliphatic rings. The Morgan fingerprint density at radius 1 is 1.29 bits per heavy atom. The molecule has 0 saturated carbocycles. The molecule has 0 bridgehead atoms. The summed E-state index contributed by atoms with van der Waals surface area (Å²) in [7, 11) is 0. The predicted octanol–water partition coefficient (Wildman–Crippen LogP) is 1.13. The molecule has 0 aromatic carbocycles. The van der Waals surface area contributed by atoms with E-state index < -0.39 is 0 Å². The van der Waals surface area contributed by atoms with E-state index in [4.69, 9.17) is 0 Å². The summed E-state index contributed by atoms with van der Waals surface area (Å²) in [5.41, 5.74) is 0. The summed E-state index contributed by atoms with van der Waals surface area (Å²) in [6, 6.07) is 4.36. The summed E-state index contributed by atoms with van der Waals surface area (Å²) in [6.07, 6.45) is 6.25. The molecule has 3 heterocycles. The van der Waals surface area contributed by atoms with Crippen LogP contribution in [0.3, 0.4) is 0 Å². The molecule has 0 spiro atoms. The fraction of sp³-hybridized carbons (Fsp3) is 0.778. The van der Waals surface area contributed by atoms with Gasteiger partial charge in [0, 0.05) is 38.4 Å². The summed E-state index contributed by atoms with van der Waals surface area (Å²) in [4.78, 5) is 4.69. The van der Waals surface area contributed by atoms with Gasteiger partial charge in [0.15, 0.2) is 5.82 Å². The quantitative estimate of drug-likeness (QED) is 0.814. The van der Waals surface area contributed by atoms with Crippen molar-refractivity contribution in [3.8, 4) is 0 Å². The van der Waals surface area contributed by atoms with Crippen LogP contribution in [0, 0.1) is 5.92 Å². The van der Waals surface area contributed by atoms with E-state index in [0.717, 1.165) is 57.3 Å². The Balaban J connectivity index is 1.39. The minimum absolute atomic E-state index is 0.287. The maximum absolute atomic E-state index is 10.3. The third-order valence-corrected chi connectivity index (χ3v) is 5.29. The molecule has 134 valence electrons. The zero-order chi connectivity index (χ0) is 16.8. The van der Waals surface area contributed by atoms with Gasteiger partial charge in [0.1, 0.15) is 0 Å². The van der Waals surface area contributed by atoms with E-state index >= 15 is 0 Å². The van der Waals surface area contributed by atoms with Gasteiger partial charge in [-0.2, -0.15) is 5.10 Å². The lowest BCUT2D eigenvalue weighted by Gasteiger charge is -2.35. The number of nitrogens with zero attached hydrogens (tertiary/aromatic N) is 4. The molecular weight excluding hydrogens is 302 g/mol. The van der Waals surface area contributed by atoms with Crippen molar-refractivity contribution in [2.24, 2.45) is 5.92 Å². The molecule has 0 unspecified atom stereocenters. The van der Waals surface area contributed by atoms with Gasteiger partial charge < -0.3 is 20.2 Å². The van der Waals surface area contributed by atoms with Gasteiger partial charge in [-0.15, -0.1) is 5.10 Å². The number of piperidine rings is 2. The lowest BCUT2D eigenvalue weighted by atomic mass is 9.99. The highest BCUT2D eigenvalue weighted by molar-refractivity contribution is 5.37. The maximum atomic E-state index is 10.3. The molecule has 2 N–H and O–H groups in total. The van der Waals surface area contributed by atoms with Crippen LogP contribution in [0.4, 0.5) is 5.82 Å². The molecule has 24 heavy (non-hydrogen) atoms. The number of aromatic nitrogens is 2. The second-order valence-electron chi connectivity index (χ2n) is 7.41.